The van der Waals surface area contributed by atoms with Crippen LogP contribution in [0.4, 0.5) is 10.3 Å². The second-order valence-electron chi connectivity index (χ2n) is 8.42. The van der Waals surface area contributed by atoms with E-state index in [1.54, 1.807) is 19.5 Å². The number of hydrogen-bond acceptors (Lipinski definition) is 7. The van der Waals surface area contributed by atoms with Gasteiger partial charge in [-0.3, -0.25) is 0 Å². The van der Waals surface area contributed by atoms with Gasteiger partial charge in [-0.15, -0.1) is 0 Å². The number of ether oxygens (including phenoxy) is 1. The van der Waals surface area contributed by atoms with Gasteiger partial charge in [-0.1, -0.05) is 0 Å². The summed E-state index contributed by atoms with van der Waals surface area (Å²) in [4.78, 5) is 13.3. The smallest absolute Gasteiger partial charge is 0.223 e. The molecule has 3 aliphatic carbocycles. The molecule has 2 bridgehead atoms. The summed E-state index contributed by atoms with van der Waals surface area (Å²) in [6.07, 6.45) is 6.04. The highest BCUT2D eigenvalue weighted by Gasteiger charge is 2.59. The normalized spacial score (nSPS) is 30.1. The maximum absolute atomic E-state index is 13.9. The third kappa shape index (κ3) is 2.53. The molecule has 0 aromatic carbocycles. The SMILES string of the molecule is COc1cc2ncc(-c3ccnc(NC4CNCC4F)n3)n2nc1C12CC(C1)C2. The van der Waals surface area contributed by atoms with Crippen molar-refractivity contribution in [2.24, 2.45) is 5.92 Å². The highest BCUT2D eigenvalue weighted by molar-refractivity contribution is 5.62. The molecule has 8 nitrogen and oxygen atoms in total. The summed E-state index contributed by atoms with van der Waals surface area (Å²) < 4.78 is 21.4. The summed E-state index contributed by atoms with van der Waals surface area (Å²) in [5.41, 5.74) is 3.36. The van der Waals surface area contributed by atoms with E-state index in [-0.39, 0.29) is 11.5 Å². The molecule has 0 radical (unpaired) electrons. The number of fused-ring (bicyclic) bond motifs is 1. The van der Waals surface area contributed by atoms with E-state index in [4.69, 9.17) is 9.84 Å². The average molecular weight is 395 g/mol. The molecule has 0 amide bonds. The Labute approximate surface area is 166 Å². The number of rotatable bonds is 5. The minimum Gasteiger partial charge on any atom is -0.495 e. The first-order valence-electron chi connectivity index (χ1n) is 10.0. The lowest BCUT2D eigenvalue weighted by Crippen LogP contribution is -2.56. The fraction of sp³-hybridized carbons (Fsp3) is 0.500. The summed E-state index contributed by atoms with van der Waals surface area (Å²) in [7, 11) is 1.69. The van der Waals surface area contributed by atoms with Crippen molar-refractivity contribution in [1.82, 2.24) is 29.9 Å². The molecule has 3 saturated carbocycles. The van der Waals surface area contributed by atoms with Gasteiger partial charge in [0, 0.05) is 30.8 Å². The number of aromatic nitrogens is 5. The molecule has 4 heterocycles. The van der Waals surface area contributed by atoms with Crippen molar-refractivity contribution in [3.63, 3.8) is 0 Å². The molecule has 1 aliphatic heterocycles. The molecule has 9 heteroatoms. The summed E-state index contributed by atoms with van der Waals surface area (Å²) in [5, 5.41) is 11.1. The predicted molar refractivity (Wildman–Crippen MR) is 105 cm³/mol. The molecule has 2 atom stereocenters. The first kappa shape index (κ1) is 17.1. The first-order valence-corrected chi connectivity index (χ1v) is 10.0. The van der Waals surface area contributed by atoms with E-state index < -0.39 is 6.17 Å². The van der Waals surface area contributed by atoms with E-state index in [1.807, 2.05) is 16.6 Å². The van der Waals surface area contributed by atoms with Crippen LogP contribution in [0, 0.1) is 5.92 Å². The molecule has 2 N–H and O–H groups in total. The van der Waals surface area contributed by atoms with Crippen molar-refractivity contribution in [3.8, 4) is 17.1 Å². The van der Waals surface area contributed by atoms with Crippen LogP contribution < -0.4 is 15.4 Å². The van der Waals surface area contributed by atoms with Crippen LogP contribution in [-0.4, -0.2) is 57.0 Å². The van der Waals surface area contributed by atoms with Gasteiger partial charge in [-0.05, 0) is 31.2 Å². The van der Waals surface area contributed by atoms with Gasteiger partial charge in [-0.25, -0.2) is 23.9 Å². The van der Waals surface area contributed by atoms with Crippen LogP contribution >= 0.6 is 0 Å². The number of alkyl halides is 1. The third-order valence-corrected chi connectivity index (χ3v) is 6.59. The second kappa shape index (κ2) is 6.09. The molecule has 29 heavy (non-hydrogen) atoms. The van der Waals surface area contributed by atoms with Gasteiger partial charge in [0.25, 0.3) is 0 Å². The van der Waals surface area contributed by atoms with Crippen molar-refractivity contribution in [3.05, 3.63) is 30.2 Å². The van der Waals surface area contributed by atoms with Crippen LogP contribution in [0.25, 0.3) is 17.0 Å². The maximum atomic E-state index is 13.9. The number of imidazole rings is 1. The molecule has 3 aromatic heterocycles. The lowest BCUT2D eigenvalue weighted by atomic mass is 9.43. The van der Waals surface area contributed by atoms with Gasteiger partial charge in [0.2, 0.25) is 5.95 Å². The standard InChI is InChI=1S/C20H22FN7O/c1-29-16-4-17-24-10-15(28(17)27-18(16)20-5-11(6-20)7-20)13-2-3-23-19(25-13)26-14-9-22-8-12(14)21/h2-4,10-12,14,22H,5-9H2,1H3,(H,23,25,26). The molecule has 0 spiro atoms. The zero-order valence-electron chi connectivity index (χ0n) is 16.1. The topological polar surface area (TPSA) is 89.3 Å². The Morgan fingerprint density at radius 1 is 1.28 bits per heavy atom. The lowest BCUT2D eigenvalue weighted by molar-refractivity contribution is -0.0333. The Hall–Kier alpha value is -2.81. The number of halogens is 1. The molecule has 4 aliphatic rings. The largest absolute Gasteiger partial charge is 0.495 e. The third-order valence-electron chi connectivity index (χ3n) is 6.59. The van der Waals surface area contributed by atoms with Crippen LogP contribution in [0.3, 0.4) is 0 Å². The zero-order chi connectivity index (χ0) is 19.6. The number of methoxy groups -OCH3 is 1. The molecular weight excluding hydrogens is 373 g/mol. The van der Waals surface area contributed by atoms with E-state index in [0.717, 1.165) is 23.1 Å². The van der Waals surface area contributed by atoms with Crippen molar-refractivity contribution in [2.75, 3.05) is 25.5 Å². The van der Waals surface area contributed by atoms with E-state index >= 15 is 0 Å². The molecule has 7 rings (SSSR count). The Morgan fingerprint density at radius 3 is 2.83 bits per heavy atom. The number of nitrogens with zero attached hydrogens (tertiary/aromatic N) is 5. The quantitative estimate of drug-likeness (QED) is 0.683. The average Bonchev–Trinajstić information content (AvgIpc) is 3.25. The number of nitrogens with one attached hydrogen (secondary N) is 2. The Morgan fingerprint density at radius 2 is 2.14 bits per heavy atom. The number of hydrogen-bond donors (Lipinski definition) is 2. The lowest BCUT2D eigenvalue weighted by Gasteiger charge is -2.61. The van der Waals surface area contributed by atoms with Crippen LogP contribution in [0.1, 0.15) is 25.0 Å². The fourth-order valence-electron chi connectivity index (χ4n) is 4.89. The van der Waals surface area contributed by atoms with E-state index in [0.29, 0.717) is 30.4 Å². The molecule has 3 aromatic rings. The molecule has 1 saturated heterocycles. The Bertz CT molecular complexity index is 1080. The summed E-state index contributed by atoms with van der Waals surface area (Å²) in [6.45, 7) is 0.903. The summed E-state index contributed by atoms with van der Waals surface area (Å²) >= 11 is 0. The zero-order valence-corrected chi connectivity index (χ0v) is 16.1. The Kier molecular flexibility index (Phi) is 3.59. The predicted octanol–water partition coefficient (Wildman–Crippen LogP) is 1.97. The minimum atomic E-state index is -0.956. The second-order valence-corrected chi connectivity index (χ2v) is 8.42. The highest BCUT2D eigenvalue weighted by Crippen LogP contribution is 2.66. The minimum absolute atomic E-state index is 0.162. The van der Waals surface area contributed by atoms with Crippen molar-refractivity contribution in [2.45, 2.75) is 36.9 Å². The molecule has 4 fully saturated rings. The van der Waals surface area contributed by atoms with Crippen LogP contribution in [-0.2, 0) is 5.41 Å². The van der Waals surface area contributed by atoms with Crippen LogP contribution in [0.2, 0.25) is 0 Å². The van der Waals surface area contributed by atoms with Gasteiger partial charge < -0.3 is 15.4 Å². The summed E-state index contributed by atoms with van der Waals surface area (Å²) in [5.74, 6) is 2.06. The van der Waals surface area contributed by atoms with E-state index in [9.17, 15) is 4.39 Å². The molecule has 150 valence electrons. The van der Waals surface area contributed by atoms with Gasteiger partial charge in [0.15, 0.2) is 5.65 Å². The fourth-order valence-corrected chi connectivity index (χ4v) is 4.89. The van der Waals surface area contributed by atoms with Gasteiger partial charge in [-0.2, -0.15) is 5.10 Å². The van der Waals surface area contributed by atoms with Gasteiger partial charge in [0.05, 0.1) is 25.0 Å². The maximum Gasteiger partial charge on any atom is 0.223 e. The first-order chi connectivity index (χ1) is 14.1. The van der Waals surface area contributed by atoms with Crippen molar-refractivity contribution >= 4 is 11.6 Å². The van der Waals surface area contributed by atoms with E-state index in [2.05, 4.69) is 25.6 Å². The van der Waals surface area contributed by atoms with Gasteiger partial charge >= 0.3 is 0 Å². The van der Waals surface area contributed by atoms with E-state index in [1.165, 1.54) is 19.3 Å². The van der Waals surface area contributed by atoms with Crippen molar-refractivity contribution < 1.29 is 9.13 Å². The molecule has 2 unspecified atom stereocenters. The Balaban J connectivity index is 1.39. The van der Waals surface area contributed by atoms with Crippen LogP contribution in [0.15, 0.2) is 24.5 Å². The molecular formula is C20H22FN7O. The number of anilines is 1. The monoisotopic (exact) mass is 395 g/mol. The van der Waals surface area contributed by atoms with Gasteiger partial charge in [0.1, 0.15) is 23.3 Å². The van der Waals surface area contributed by atoms with Crippen molar-refractivity contribution in [1.29, 1.82) is 0 Å². The highest BCUT2D eigenvalue weighted by atomic mass is 19.1. The summed E-state index contributed by atoms with van der Waals surface area (Å²) in [6, 6.07) is 3.44. The van der Waals surface area contributed by atoms with Crippen LogP contribution in [0.5, 0.6) is 5.75 Å².